The van der Waals surface area contributed by atoms with Crippen LogP contribution in [0.2, 0.25) is 0 Å². The SMILES string of the molecule is C.C.C.Nc1nonc1-c1noc(=O)n1-c1ccc(F)c(Br)c1.O=c1onc(-c2nonc2[N+](=O)[O-])n1-c1ccc(F)c(Br)c1. The van der Waals surface area contributed by atoms with Gasteiger partial charge in [-0.15, -0.1) is 4.63 Å². The van der Waals surface area contributed by atoms with Crippen molar-refractivity contribution in [2.75, 3.05) is 5.73 Å². The molecule has 0 spiro atoms. The van der Waals surface area contributed by atoms with E-state index in [-0.39, 0.29) is 60.1 Å². The number of anilines is 1. The monoisotopic (exact) mass is 760 g/mol. The van der Waals surface area contributed by atoms with Crippen LogP contribution in [0.5, 0.6) is 0 Å². The molecule has 0 saturated carbocycles. The largest absolute Gasteiger partial charge is 0.446 e. The first-order valence-corrected chi connectivity index (χ1v) is 12.3. The number of hydrogen-bond donors (Lipinski definition) is 1. The van der Waals surface area contributed by atoms with Gasteiger partial charge in [-0.25, -0.2) is 32.1 Å². The van der Waals surface area contributed by atoms with Crippen molar-refractivity contribution in [1.29, 1.82) is 0 Å². The van der Waals surface area contributed by atoms with Crippen LogP contribution in [0.15, 0.2) is 73.2 Å². The second-order valence-electron chi connectivity index (χ2n) is 7.60. The van der Waals surface area contributed by atoms with Gasteiger partial charge in [0.25, 0.3) is 5.69 Å². The second-order valence-corrected chi connectivity index (χ2v) is 9.31. The summed E-state index contributed by atoms with van der Waals surface area (Å²) in [5.74, 6) is -3.81. The Morgan fingerprint density at radius 1 is 0.733 bits per heavy atom. The van der Waals surface area contributed by atoms with E-state index in [1.165, 1.54) is 30.3 Å². The van der Waals surface area contributed by atoms with E-state index in [4.69, 9.17) is 5.73 Å². The Kier molecular flexibility index (Phi) is 11.5. The average molecular weight is 762 g/mol. The number of nitrogens with two attached hydrogens (primary N) is 1. The number of rotatable bonds is 5. The molecule has 0 bridgehead atoms. The molecule has 0 amide bonds. The quantitative estimate of drug-likeness (QED) is 0.180. The summed E-state index contributed by atoms with van der Waals surface area (Å²) in [4.78, 5) is 33.5. The first-order chi connectivity index (χ1) is 20.1. The average Bonchev–Trinajstić information content (AvgIpc) is 3.75. The zero-order chi connectivity index (χ0) is 30.1. The van der Waals surface area contributed by atoms with Crippen molar-refractivity contribution in [3.8, 4) is 34.4 Å². The predicted molar refractivity (Wildman–Crippen MR) is 157 cm³/mol. The Hall–Kier alpha value is -5.38. The van der Waals surface area contributed by atoms with Crippen LogP contribution in [-0.2, 0) is 0 Å². The molecule has 18 nitrogen and oxygen atoms in total. The first kappa shape index (κ1) is 35.8. The van der Waals surface area contributed by atoms with Crippen LogP contribution in [0, 0.1) is 21.7 Å². The molecule has 0 fully saturated rings. The summed E-state index contributed by atoms with van der Waals surface area (Å²) in [6.45, 7) is 0. The van der Waals surface area contributed by atoms with E-state index in [2.05, 4.69) is 81.1 Å². The molecule has 0 atom stereocenters. The molecule has 4 aromatic heterocycles. The van der Waals surface area contributed by atoms with Gasteiger partial charge in [-0.1, -0.05) is 32.6 Å². The zero-order valence-corrected chi connectivity index (χ0v) is 23.0. The van der Waals surface area contributed by atoms with Gasteiger partial charge in [-0.05, 0) is 88.7 Å². The molecule has 2 aromatic carbocycles. The second kappa shape index (κ2) is 14.4. The molecule has 2 N–H and O–H groups in total. The Balaban J connectivity index is 0.000000295. The van der Waals surface area contributed by atoms with Gasteiger partial charge in [0, 0.05) is 0 Å². The van der Waals surface area contributed by atoms with E-state index in [9.17, 15) is 28.5 Å². The van der Waals surface area contributed by atoms with Gasteiger partial charge in [0.1, 0.15) is 11.6 Å². The Morgan fingerprint density at radius 2 is 1.18 bits per heavy atom. The first-order valence-electron chi connectivity index (χ1n) is 10.7. The minimum atomic E-state index is -0.939. The lowest BCUT2D eigenvalue weighted by Crippen LogP contribution is -2.13. The molecule has 0 aliphatic heterocycles. The number of aromatic nitrogens is 8. The standard InChI is InChI=1S/C10H3BrFN5O5.C10H5BrFN5O3.3CH4/c11-5-3-4(1-2-6(5)12)16-8(14-21-10(16)18)7-9(17(19)20)15-22-13-7;11-5-3-4(1-2-6(5)12)17-9(16-19-10(17)18)7-8(13)15-20-14-7;;;/h1-3H;1-3H,(H2,13,15);3*1H4. The summed E-state index contributed by atoms with van der Waals surface area (Å²) in [7, 11) is 0. The van der Waals surface area contributed by atoms with E-state index in [0.29, 0.717) is 5.69 Å². The number of halogens is 4. The molecule has 6 aromatic rings. The fourth-order valence-corrected chi connectivity index (χ4v) is 4.03. The van der Waals surface area contributed by atoms with Crippen LogP contribution in [-0.4, -0.2) is 45.0 Å². The maximum atomic E-state index is 13.3. The third-order valence-electron chi connectivity index (χ3n) is 5.11. The fraction of sp³-hybridized carbons (Fsp3) is 0.130. The molecule has 6 rings (SSSR count). The van der Waals surface area contributed by atoms with Crippen molar-refractivity contribution in [2.45, 2.75) is 22.3 Å². The molecule has 0 radical (unpaired) electrons. The minimum Gasteiger partial charge on any atom is -0.379 e. The van der Waals surface area contributed by atoms with Crippen molar-refractivity contribution in [3.05, 3.63) is 88.2 Å². The molecule has 45 heavy (non-hydrogen) atoms. The minimum absolute atomic E-state index is 0. The van der Waals surface area contributed by atoms with E-state index >= 15 is 0 Å². The molecular weight excluding hydrogens is 742 g/mol. The van der Waals surface area contributed by atoms with Crippen molar-refractivity contribution in [2.24, 2.45) is 0 Å². The topological polar surface area (TPSA) is 243 Å². The van der Waals surface area contributed by atoms with E-state index in [1.807, 2.05) is 0 Å². The third-order valence-corrected chi connectivity index (χ3v) is 6.33. The number of benzene rings is 2. The smallest absolute Gasteiger partial charge is 0.379 e. The molecule has 0 aliphatic rings. The van der Waals surface area contributed by atoms with Gasteiger partial charge in [-0.2, -0.15) is 0 Å². The number of nitro groups is 1. The van der Waals surface area contributed by atoms with Gasteiger partial charge in [0.05, 0.1) is 20.3 Å². The molecule has 0 aliphatic carbocycles. The zero-order valence-electron chi connectivity index (χ0n) is 19.8. The summed E-state index contributed by atoms with van der Waals surface area (Å²) in [6.07, 6.45) is 0. The third kappa shape index (κ3) is 6.90. The Bertz CT molecular complexity index is 2070. The fourth-order valence-electron chi connectivity index (χ4n) is 3.30. The highest BCUT2D eigenvalue weighted by atomic mass is 79.9. The molecule has 0 unspecified atom stereocenters. The van der Waals surface area contributed by atoms with Gasteiger partial charge in [0.15, 0.2) is 16.7 Å². The number of nitrogen functional groups attached to an aromatic ring is 1. The van der Waals surface area contributed by atoms with E-state index < -0.39 is 39.6 Å². The van der Waals surface area contributed by atoms with Gasteiger partial charge in [-0.3, -0.25) is 9.05 Å². The lowest BCUT2D eigenvalue weighted by Gasteiger charge is -2.03. The highest BCUT2D eigenvalue weighted by Crippen LogP contribution is 2.27. The van der Waals surface area contributed by atoms with Gasteiger partial charge >= 0.3 is 17.3 Å². The van der Waals surface area contributed by atoms with Crippen molar-refractivity contribution >= 4 is 43.5 Å². The summed E-state index contributed by atoms with van der Waals surface area (Å²) in [5.41, 5.74) is 5.69. The van der Waals surface area contributed by atoms with Crippen LogP contribution in [0.25, 0.3) is 34.4 Å². The van der Waals surface area contributed by atoms with Crippen LogP contribution in [0.4, 0.5) is 20.4 Å². The highest BCUT2D eigenvalue weighted by molar-refractivity contribution is 9.10. The maximum absolute atomic E-state index is 13.3. The normalized spacial score (nSPS) is 10.1. The molecule has 22 heteroatoms. The van der Waals surface area contributed by atoms with Crippen LogP contribution in [0.3, 0.4) is 0 Å². The Morgan fingerprint density at radius 3 is 1.60 bits per heavy atom. The van der Waals surface area contributed by atoms with Crippen LogP contribution >= 0.6 is 31.9 Å². The summed E-state index contributed by atoms with van der Waals surface area (Å²) in [6, 6.07) is 7.59. The van der Waals surface area contributed by atoms with Crippen LogP contribution < -0.4 is 17.2 Å². The predicted octanol–water partition coefficient (Wildman–Crippen LogP) is 4.95. The Labute approximate surface area is 265 Å². The summed E-state index contributed by atoms with van der Waals surface area (Å²) in [5, 5.41) is 31.3. The van der Waals surface area contributed by atoms with E-state index in [1.54, 1.807) is 0 Å². The number of nitrogens with zero attached hydrogens (tertiary/aromatic N) is 9. The van der Waals surface area contributed by atoms with Crippen LogP contribution in [0.1, 0.15) is 22.3 Å². The summed E-state index contributed by atoms with van der Waals surface area (Å²) < 4.78 is 46.6. The van der Waals surface area contributed by atoms with E-state index in [0.717, 1.165) is 15.2 Å². The van der Waals surface area contributed by atoms with Crippen molar-refractivity contribution < 1.29 is 32.0 Å². The lowest BCUT2D eigenvalue weighted by molar-refractivity contribution is -0.390. The van der Waals surface area contributed by atoms with Crippen molar-refractivity contribution in [3.63, 3.8) is 0 Å². The highest BCUT2D eigenvalue weighted by Gasteiger charge is 2.30. The summed E-state index contributed by atoms with van der Waals surface area (Å²) >= 11 is 6.00. The van der Waals surface area contributed by atoms with Crippen molar-refractivity contribution in [1.82, 2.24) is 40.1 Å². The van der Waals surface area contributed by atoms with Gasteiger partial charge in [0.2, 0.25) is 11.6 Å². The molecule has 0 saturated heterocycles. The molecule has 238 valence electrons. The molecular formula is C23H20Br2F2N10O8. The lowest BCUT2D eigenvalue weighted by atomic mass is 10.3. The van der Waals surface area contributed by atoms with Gasteiger partial charge < -0.3 is 15.8 Å². The maximum Gasteiger partial charge on any atom is 0.446 e. The molecule has 4 heterocycles. The number of hydrogen-bond acceptors (Lipinski definition) is 15.